The third-order valence-electron chi connectivity index (χ3n) is 10.3. The summed E-state index contributed by atoms with van der Waals surface area (Å²) in [6, 6.07) is 47.6. The van der Waals surface area contributed by atoms with Crippen molar-refractivity contribution in [2.75, 3.05) is 0 Å². The summed E-state index contributed by atoms with van der Waals surface area (Å²) in [5, 5.41) is 0. The number of hydrogen-bond acceptors (Lipinski definition) is 3. The summed E-state index contributed by atoms with van der Waals surface area (Å²) in [6.45, 7) is 9.36. The standard InChI is InChI=1S/C43H36O2S2/c1-42(2)35-16-10-8-14-33(35)41(34-15-9-11-17-36(34)42)30-21-25-40-38(27-30)43(3,4)37-26-29(20-24-39(37)46-40)28-18-22-32(23-19-28)47(44,45)31-12-6-5-7-13-31/h5-27,41H,1-4H3. The van der Waals surface area contributed by atoms with Gasteiger partial charge in [0.05, 0.1) is 9.79 Å². The molecule has 0 bridgehead atoms. The highest BCUT2D eigenvalue weighted by Crippen LogP contribution is 2.53. The van der Waals surface area contributed by atoms with Crippen molar-refractivity contribution in [3.05, 3.63) is 178 Å². The van der Waals surface area contributed by atoms with Crippen LogP contribution in [0.1, 0.15) is 72.6 Å². The maximum absolute atomic E-state index is 13.2. The molecule has 6 aromatic rings. The molecule has 0 saturated heterocycles. The van der Waals surface area contributed by atoms with Crippen LogP contribution in [0.25, 0.3) is 11.1 Å². The minimum absolute atomic E-state index is 0.0632. The Bertz CT molecular complexity index is 2230. The predicted molar refractivity (Wildman–Crippen MR) is 192 cm³/mol. The molecule has 1 aliphatic carbocycles. The van der Waals surface area contributed by atoms with Gasteiger partial charge in [-0.2, -0.15) is 0 Å². The Labute approximate surface area is 282 Å². The summed E-state index contributed by atoms with van der Waals surface area (Å²) in [5.41, 5.74) is 11.3. The molecule has 2 aliphatic rings. The van der Waals surface area contributed by atoms with Crippen molar-refractivity contribution in [2.45, 2.75) is 64.0 Å². The van der Waals surface area contributed by atoms with Gasteiger partial charge in [-0.3, -0.25) is 0 Å². The molecule has 0 saturated carbocycles. The van der Waals surface area contributed by atoms with Crippen LogP contribution in [0.4, 0.5) is 0 Å². The average molecular weight is 649 g/mol. The van der Waals surface area contributed by atoms with Crippen molar-refractivity contribution in [3.63, 3.8) is 0 Å². The second kappa shape index (κ2) is 10.8. The van der Waals surface area contributed by atoms with E-state index < -0.39 is 9.84 Å². The molecule has 1 heterocycles. The van der Waals surface area contributed by atoms with E-state index in [1.165, 1.54) is 48.7 Å². The molecule has 6 aromatic carbocycles. The van der Waals surface area contributed by atoms with Crippen LogP contribution in [0.5, 0.6) is 0 Å². The van der Waals surface area contributed by atoms with Crippen molar-refractivity contribution < 1.29 is 8.42 Å². The minimum Gasteiger partial charge on any atom is -0.219 e. The molecule has 4 heteroatoms. The first kappa shape index (κ1) is 30.0. The van der Waals surface area contributed by atoms with E-state index in [2.05, 4.69) is 113 Å². The van der Waals surface area contributed by atoms with Crippen LogP contribution < -0.4 is 0 Å². The van der Waals surface area contributed by atoms with Gasteiger partial charge in [0.25, 0.3) is 0 Å². The van der Waals surface area contributed by atoms with Crippen LogP contribution in [0, 0.1) is 0 Å². The molecule has 0 spiro atoms. The lowest BCUT2D eigenvalue weighted by Crippen LogP contribution is -2.30. The van der Waals surface area contributed by atoms with Crippen LogP contribution in [0.3, 0.4) is 0 Å². The molecule has 0 fully saturated rings. The van der Waals surface area contributed by atoms with E-state index >= 15 is 0 Å². The summed E-state index contributed by atoms with van der Waals surface area (Å²) in [5.74, 6) is 0.167. The molecule has 2 nitrogen and oxygen atoms in total. The maximum atomic E-state index is 13.2. The fraction of sp³-hybridized carbons (Fsp3) is 0.163. The molecule has 0 radical (unpaired) electrons. The average Bonchev–Trinajstić information content (AvgIpc) is 3.09. The Morgan fingerprint density at radius 2 is 0.979 bits per heavy atom. The molecular weight excluding hydrogens is 613 g/mol. The molecule has 232 valence electrons. The summed E-state index contributed by atoms with van der Waals surface area (Å²) < 4.78 is 26.4. The fourth-order valence-electron chi connectivity index (χ4n) is 7.72. The van der Waals surface area contributed by atoms with Crippen LogP contribution >= 0.6 is 11.8 Å². The highest BCUT2D eigenvalue weighted by molar-refractivity contribution is 7.99. The van der Waals surface area contributed by atoms with E-state index in [4.69, 9.17) is 0 Å². The maximum Gasteiger partial charge on any atom is 0.206 e. The quantitative estimate of drug-likeness (QED) is 0.191. The van der Waals surface area contributed by atoms with Crippen molar-refractivity contribution in [3.8, 4) is 11.1 Å². The molecule has 47 heavy (non-hydrogen) atoms. The largest absolute Gasteiger partial charge is 0.219 e. The number of sulfone groups is 1. The number of rotatable bonds is 4. The first-order valence-corrected chi connectivity index (χ1v) is 18.4. The second-order valence-corrected chi connectivity index (χ2v) is 16.8. The van der Waals surface area contributed by atoms with E-state index in [1.807, 2.05) is 30.0 Å². The molecule has 1 aliphatic heterocycles. The van der Waals surface area contributed by atoms with Gasteiger partial charge in [0.2, 0.25) is 9.84 Å². The first-order chi connectivity index (χ1) is 22.6. The normalized spacial score (nSPS) is 16.0. The molecule has 0 atom stereocenters. The molecule has 0 aromatic heterocycles. The van der Waals surface area contributed by atoms with Gasteiger partial charge in [-0.1, -0.05) is 137 Å². The van der Waals surface area contributed by atoms with E-state index in [0.29, 0.717) is 9.79 Å². The zero-order valence-corrected chi connectivity index (χ0v) is 28.6. The lowest BCUT2D eigenvalue weighted by molar-refractivity contribution is 0.592. The van der Waals surface area contributed by atoms with Gasteiger partial charge in [-0.15, -0.1) is 0 Å². The Hall–Kier alpha value is -4.38. The number of hydrogen-bond donors (Lipinski definition) is 0. The van der Waals surface area contributed by atoms with Crippen molar-refractivity contribution in [2.24, 2.45) is 0 Å². The van der Waals surface area contributed by atoms with Crippen molar-refractivity contribution in [1.82, 2.24) is 0 Å². The summed E-state index contributed by atoms with van der Waals surface area (Å²) in [4.78, 5) is 3.17. The number of fused-ring (bicyclic) bond motifs is 4. The fourth-order valence-corrected chi connectivity index (χ4v) is 10.4. The summed E-state index contributed by atoms with van der Waals surface area (Å²) in [7, 11) is -3.56. The van der Waals surface area contributed by atoms with Crippen LogP contribution in [0.2, 0.25) is 0 Å². The summed E-state index contributed by atoms with van der Waals surface area (Å²) in [6.07, 6.45) is 0. The van der Waals surface area contributed by atoms with Gasteiger partial charge in [-0.25, -0.2) is 8.42 Å². The predicted octanol–water partition coefficient (Wildman–Crippen LogP) is 10.8. The SMILES string of the molecule is CC1(C)c2cc(-c3ccc(S(=O)(=O)c4ccccc4)cc3)ccc2Sc2ccc(C3c4ccccc4C(C)(C)c4ccccc43)cc21. The molecule has 0 amide bonds. The van der Waals surface area contributed by atoms with E-state index in [9.17, 15) is 8.42 Å². The minimum atomic E-state index is -3.56. The Balaban J connectivity index is 1.18. The highest BCUT2D eigenvalue weighted by atomic mass is 32.2. The summed E-state index contributed by atoms with van der Waals surface area (Å²) >= 11 is 1.84. The van der Waals surface area contributed by atoms with Gasteiger partial charge < -0.3 is 0 Å². The second-order valence-electron chi connectivity index (χ2n) is 13.8. The van der Waals surface area contributed by atoms with Crippen molar-refractivity contribution >= 4 is 21.6 Å². The zero-order chi connectivity index (χ0) is 32.6. The van der Waals surface area contributed by atoms with Gasteiger partial charge in [0.15, 0.2) is 0 Å². The smallest absolute Gasteiger partial charge is 0.206 e. The Morgan fingerprint density at radius 1 is 0.489 bits per heavy atom. The Kier molecular flexibility index (Phi) is 6.91. The van der Waals surface area contributed by atoms with Crippen LogP contribution in [-0.2, 0) is 20.7 Å². The number of benzene rings is 6. The highest BCUT2D eigenvalue weighted by Gasteiger charge is 2.39. The first-order valence-electron chi connectivity index (χ1n) is 16.1. The van der Waals surface area contributed by atoms with Crippen molar-refractivity contribution in [1.29, 1.82) is 0 Å². The lowest BCUT2D eigenvalue weighted by atomic mass is 9.63. The third kappa shape index (κ3) is 4.72. The van der Waals surface area contributed by atoms with Gasteiger partial charge in [0.1, 0.15) is 0 Å². The lowest BCUT2D eigenvalue weighted by Gasteiger charge is -2.40. The molecule has 8 rings (SSSR count). The van der Waals surface area contributed by atoms with Gasteiger partial charge in [0, 0.05) is 26.5 Å². The zero-order valence-electron chi connectivity index (χ0n) is 27.0. The monoisotopic (exact) mass is 648 g/mol. The molecule has 0 N–H and O–H groups in total. The van der Waals surface area contributed by atoms with E-state index in [-0.39, 0.29) is 16.7 Å². The van der Waals surface area contributed by atoms with E-state index in [1.54, 1.807) is 36.4 Å². The van der Waals surface area contributed by atoms with Gasteiger partial charge >= 0.3 is 0 Å². The van der Waals surface area contributed by atoms with E-state index in [0.717, 1.165) is 11.1 Å². The molecule has 0 unspecified atom stereocenters. The molecular formula is C43H36O2S2. The van der Waals surface area contributed by atoms with Crippen LogP contribution in [0.15, 0.2) is 159 Å². The topological polar surface area (TPSA) is 34.1 Å². The van der Waals surface area contributed by atoms with Crippen LogP contribution in [-0.4, -0.2) is 8.42 Å². The Morgan fingerprint density at radius 3 is 1.62 bits per heavy atom. The third-order valence-corrected chi connectivity index (χ3v) is 13.3. The van der Waals surface area contributed by atoms with Gasteiger partial charge in [-0.05, 0) is 92.5 Å².